The molecule has 0 radical (unpaired) electrons. The molecule has 0 aliphatic carbocycles. The third kappa shape index (κ3) is 6.37. The minimum atomic E-state index is -0.717. The summed E-state index contributed by atoms with van der Waals surface area (Å²) in [7, 11) is 0. The van der Waals surface area contributed by atoms with E-state index in [1.54, 1.807) is 24.3 Å². The van der Waals surface area contributed by atoms with E-state index in [0.717, 1.165) is 11.3 Å². The van der Waals surface area contributed by atoms with Gasteiger partial charge in [0.2, 0.25) is 5.91 Å². The highest BCUT2D eigenvalue weighted by Gasteiger charge is 2.38. The molecule has 0 saturated carbocycles. The fourth-order valence-electron chi connectivity index (χ4n) is 2.92. The molecule has 1 heterocycles. The topological polar surface area (TPSA) is 105 Å². The van der Waals surface area contributed by atoms with Crippen LogP contribution >= 0.6 is 24.0 Å². The highest BCUT2D eigenvalue weighted by molar-refractivity contribution is 6.30. The van der Waals surface area contributed by atoms with Crippen LogP contribution < -0.4 is 21.3 Å². The molecular formula is C18H26Cl2N4O3. The molecule has 2 unspecified atom stereocenters. The number of anilines is 1. The molecule has 1 aliphatic heterocycles. The Bertz CT molecular complexity index is 667. The Morgan fingerprint density at radius 1 is 1.30 bits per heavy atom. The fourth-order valence-corrected chi connectivity index (χ4v) is 3.05. The lowest BCUT2D eigenvalue weighted by atomic mass is 10.0. The van der Waals surface area contributed by atoms with Gasteiger partial charge in [-0.05, 0) is 43.0 Å². The minimum absolute atomic E-state index is 0. The Labute approximate surface area is 170 Å². The van der Waals surface area contributed by atoms with Crippen molar-refractivity contribution in [2.45, 2.75) is 45.2 Å². The molecule has 0 spiro atoms. The summed E-state index contributed by atoms with van der Waals surface area (Å²) in [6.45, 7) is 4.49. The molecule has 1 aromatic carbocycles. The van der Waals surface area contributed by atoms with Crippen molar-refractivity contribution in [2.24, 2.45) is 11.7 Å². The molecule has 1 aliphatic rings. The van der Waals surface area contributed by atoms with Crippen LogP contribution in [0.25, 0.3) is 0 Å². The van der Waals surface area contributed by atoms with Crippen molar-refractivity contribution in [1.82, 2.24) is 10.6 Å². The van der Waals surface area contributed by atoms with E-state index < -0.39 is 12.1 Å². The van der Waals surface area contributed by atoms with Crippen LogP contribution in [-0.2, 0) is 9.59 Å². The zero-order chi connectivity index (χ0) is 19.3. The highest BCUT2D eigenvalue weighted by atomic mass is 35.5. The van der Waals surface area contributed by atoms with Gasteiger partial charge in [0.1, 0.15) is 6.04 Å². The third-order valence-corrected chi connectivity index (χ3v) is 4.42. The number of rotatable bonds is 8. The molecule has 1 saturated heterocycles. The minimum Gasteiger partial charge on any atom is -0.352 e. The van der Waals surface area contributed by atoms with Crippen LogP contribution in [-0.4, -0.2) is 36.5 Å². The van der Waals surface area contributed by atoms with Crippen LogP contribution in [0.4, 0.5) is 10.5 Å². The second kappa shape index (κ2) is 10.5. The van der Waals surface area contributed by atoms with E-state index in [2.05, 4.69) is 24.5 Å². The zero-order valence-electron chi connectivity index (χ0n) is 15.4. The van der Waals surface area contributed by atoms with E-state index >= 15 is 0 Å². The summed E-state index contributed by atoms with van der Waals surface area (Å²) in [5, 5.41) is 6.02. The summed E-state index contributed by atoms with van der Waals surface area (Å²) >= 11 is 5.83. The Kier molecular flexibility index (Phi) is 9.02. The van der Waals surface area contributed by atoms with Gasteiger partial charge in [-0.2, -0.15) is 0 Å². The smallest absolute Gasteiger partial charge is 0.329 e. The molecular weight excluding hydrogens is 391 g/mol. The molecule has 1 fully saturated rings. The molecule has 150 valence electrons. The van der Waals surface area contributed by atoms with Gasteiger partial charge in [-0.3, -0.25) is 9.59 Å². The van der Waals surface area contributed by atoms with E-state index in [1.807, 2.05) is 0 Å². The van der Waals surface area contributed by atoms with E-state index in [0.29, 0.717) is 23.2 Å². The Hall–Kier alpha value is -1.83. The number of halogens is 2. The molecule has 0 bridgehead atoms. The van der Waals surface area contributed by atoms with Crippen molar-refractivity contribution in [1.29, 1.82) is 0 Å². The first-order valence-electron chi connectivity index (χ1n) is 8.71. The maximum atomic E-state index is 12.5. The predicted molar refractivity (Wildman–Crippen MR) is 108 cm³/mol. The fraction of sp³-hybridized carbons (Fsp3) is 0.500. The number of carbonyl (C=O) groups is 3. The maximum Gasteiger partial charge on any atom is 0.329 e. The van der Waals surface area contributed by atoms with Crippen molar-refractivity contribution in [2.75, 3.05) is 11.4 Å². The van der Waals surface area contributed by atoms with E-state index in [9.17, 15) is 14.4 Å². The molecule has 4 N–H and O–H groups in total. The number of urea groups is 1. The first-order valence-corrected chi connectivity index (χ1v) is 9.09. The van der Waals surface area contributed by atoms with Crippen LogP contribution in [0.3, 0.4) is 0 Å². The largest absolute Gasteiger partial charge is 0.352 e. The van der Waals surface area contributed by atoms with E-state index in [-0.39, 0.29) is 43.1 Å². The lowest BCUT2D eigenvalue weighted by Gasteiger charge is -2.19. The van der Waals surface area contributed by atoms with Crippen LogP contribution in [0.2, 0.25) is 5.02 Å². The second-order valence-corrected chi connectivity index (χ2v) is 7.26. The van der Waals surface area contributed by atoms with Crippen molar-refractivity contribution < 1.29 is 14.4 Å². The number of amides is 4. The highest BCUT2D eigenvalue weighted by Crippen LogP contribution is 2.23. The van der Waals surface area contributed by atoms with Crippen LogP contribution in [0.15, 0.2) is 24.3 Å². The lowest BCUT2D eigenvalue weighted by Crippen LogP contribution is -2.41. The number of nitrogens with one attached hydrogen (secondary N) is 2. The van der Waals surface area contributed by atoms with Crippen molar-refractivity contribution in [3.05, 3.63) is 29.3 Å². The van der Waals surface area contributed by atoms with Gasteiger partial charge in [-0.1, -0.05) is 25.4 Å². The number of imide groups is 1. The van der Waals surface area contributed by atoms with Crippen molar-refractivity contribution in [3.63, 3.8) is 0 Å². The Morgan fingerprint density at radius 2 is 1.93 bits per heavy atom. The summed E-state index contributed by atoms with van der Waals surface area (Å²) in [6, 6.07) is 5.13. The molecule has 9 heteroatoms. The lowest BCUT2D eigenvalue weighted by molar-refractivity contribution is -0.122. The van der Waals surface area contributed by atoms with Gasteiger partial charge in [0, 0.05) is 24.0 Å². The van der Waals surface area contributed by atoms with Crippen LogP contribution in [0.5, 0.6) is 0 Å². The molecule has 0 aromatic heterocycles. The van der Waals surface area contributed by atoms with E-state index in [4.69, 9.17) is 17.3 Å². The molecule has 27 heavy (non-hydrogen) atoms. The summed E-state index contributed by atoms with van der Waals surface area (Å²) in [4.78, 5) is 37.8. The normalized spacial score (nSPS) is 17.5. The molecule has 2 atom stereocenters. The van der Waals surface area contributed by atoms with Crippen LogP contribution in [0, 0.1) is 5.92 Å². The van der Waals surface area contributed by atoms with Crippen molar-refractivity contribution >= 4 is 47.5 Å². The summed E-state index contributed by atoms with van der Waals surface area (Å²) in [5.41, 5.74) is 6.13. The molecule has 4 amide bonds. The molecule has 2 rings (SSSR count). The Morgan fingerprint density at radius 3 is 2.48 bits per heavy atom. The summed E-state index contributed by atoms with van der Waals surface area (Å²) in [5.74, 6) is -0.122. The number of carbonyl (C=O) groups excluding carboxylic acids is 3. The average Bonchev–Trinajstić information content (AvgIpc) is 2.87. The van der Waals surface area contributed by atoms with Crippen molar-refractivity contribution in [3.8, 4) is 0 Å². The van der Waals surface area contributed by atoms with Gasteiger partial charge in [-0.25, -0.2) is 9.69 Å². The average molecular weight is 417 g/mol. The number of hydrogen-bond donors (Lipinski definition) is 3. The summed E-state index contributed by atoms with van der Waals surface area (Å²) < 4.78 is 0. The predicted octanol–water partition coefficient (Wildman–Crippen LogP) is 2.46. The van der Waals surface area contributed by atoms with Gasteiger partial charge >= 0.3 is 6.03 Å². The van der Waals surface area contributed by atoms with Gasteiger partial charge < -0.3 is 16.4 Å². The number of hydrogen-bond acceptors (Lipinski definition) is 4. The van der Waals surface area contributed by atoms with Crippen LogP contribution in [0.1, 0.15) is 33.1 Å². The first kappa shape index (κ1) is 23.2. The third-order valence-electron chi connectivity index (χ3n) is 4.17. The SMILES string of the molecule is CC(C)CC(CN)NC(=O)CCC1NC(=O)N(c2ccc(Cl)cc2)C1=O.Cl. The first-order chi connectivity index (χ1) is 12.3. The van der Waals surface area contributed by atoms with Gasteiger partial charge in [0.25, 0.3) is 5.91 Å². The standard InChI is InChI=1S/C18H25ClN4O3.ClH/c1-11(2)9-13(10-20)21-16(24)8-7-15-17(25)23(18(26)22-15)14-5-3-12(19)4-6-14;/h3-6,11,13,15H,7-10,20H2,1-2H3,(H,21,24)(H,22,26);1H. The molecule has 7 nitrogen and oxygen atoms in total. The van der Waals surface area contributed by atoms with Gasteiger partial charge in [-0.15, -0.1) is 12.4 Å². The number of nitrogens with two attached hydrogens (primary N) is 1. The number of nitrogens with zero attached hydrogens (tertiary/aromatic N) is 1. The summed E-state index contributed by atoms with van der Waals surface area (Å²) in [6.07, 6.45) is 1.17. The Balaban J connectivity index is 0.00000364. The quantitative estimate of drug-likeness (QED) is 0.565. The van der Waals surface area contributed by atoms with E-state index in [1.165, 1.54) is 0 Å². The number of benzene rings is 1. The van der Waals surface area contributed by atoms with Gasteiger partial charge in [0.15, 0.2) is 0 Å². The second-order valence-electron chi connectivity index (χ2n) is 6.82. The monoisotopic (exact) mass is 416 g/mol. The van der Waals surface area contributed by atoms with Gasteiger partial charge in [0.05, 0.1) is 5.69 Å². The molecule has 1 aromatic rings. The maximum absolute atomic E-state index is 12.5. The zero-order valence-corrected chi connectivity index (χ0v) is 17.0.